The molecule has 1 atom stereocenters. The Labute approximate surface area is 149 Å². The minimum atomic E-state index is -1.31. The minimum Gasteiger partial charge on any atom is -0.475 e. The average Bonchev–Trinajstić information content (AvgIpc) is 3.00. The van der Waals surface area contributed by atoms with Crippen LogP contribution in [-0.4, -0.2) is 22.3 Å². The Balaban J connectivity index is 1.97. The number of benzene rings is 3. The number of nitrogens with zero attached hydrogens (tertiary/aromatic N) is 1. The second-order valence-corrected chi connectivity index (χ2v) is 8.18. The molecule has 0 saturated heterocycles. The molecule has 0 N–H and O–H groups in total. The van der Waals surface area contributed by atoms with Gasteiger partial charge >= 0.3 is 0 Å². The highest BCUT2D eigenvalue weighted by molar-refractivity contribution is 7.85. The molecule has 0 amide bonds. The fourth-order valence-electron chi connectivity index (χ4n) is 3.00. The van der Waals surface area contributed by atoms with E-state index in [4.69, 9.17) is 9.73 Å². The number of rotatable bonds is 3. The molecular formula is C21H19NO2S. The maximum Gasteiger partial charge on any atom is 0.218 e. The number of fused-ring (bicyclic) bond motifs is 1. The lowest BCUT2D eigenvalue weighted by Crippen LogP contribution is -2.17. The van der Waals surface area contributed by atoms with Gasteiger partial charge in [0.25, 0.3) is 0 Å². The van der Waals surface area contributed by atoms with Crippen molar-refractivity contribution in [2.75, 3.05) is 6.61 Å². The van der Waals surface area contributed by atoms with Crippen molar-refractivity contribution in [3.8, 4) is 0 Å². The Hall–Kier alpha value is -2.46. The first kappa shape index (κ1) is 16.0. The van der Waals surface area contributed by atoms with E-state index in [0.29, 0.717) is 12.5 Å². The maximum absolute atomic E-state index is 13.4. The number of ether oxygens (including phenoxy) is 1. The van der Waals surface area contributed by atoms with Gasteiger partial charge in [-0.15, -0.1) is 0 Å². The van der Waals surface area contributed by atoms with E-state index in [1.54, 1.807) is 0 Å². The van der Waals surface area contributed by atoms with E-state index < -0.39 is 10.8 Å². The van der Waals surface area contributed by atoms with Crippen LogP contribution in [-0.2, 0) is 15.5 Å². The summed E-state index contributed by atoms with van der Waals surface area (Å²) in [7, 11) is -1.31. The van der Waals surface area contributed by atoms with Gasteiger partial charge in [-0.1, -0.05) is 48.5 Å². The SMILES string of the molecule is CC1(C)COC(c2ccc3ccccc3c2S(=O)c2ccccc2)=N1. The van der Waals surface area contributed by atoms with Crippen LogP contribution in [0.2, 0.25) is 0 Å². The van der Waals surface area contributed by atoms with Crippen molar-refractivity contribution < 1.29 is 8.95 Å². The molecule has 1 unspecified atom stereocenters. The van der Waals surface area contributed by atoms with Gasteiger partial charge in [-0.25, -0.2) is 9.20 Å². The zero-order chi connectivity index (χ0) is 17.4. The molecule has 4 rings (SSSR count). The predicted molar refractivity (Wildman–Crippen MR) is 102 cm³/mol. The quantitative estimate of drug-likeness (QED) is 0.695. The third-order valence-corrected chi connectivity index (χ3v) is 5.73. The summed E-state index contributed by atoms with van der Waals surface area (Å²) in [5, 5.41) is 2.03. The van der Waals surface area contributed by atoms with Crippen molar-refractivity contribution in [2.45, 2.75) is 29.2 Å². The second-order valence-electron chi connectivity index (χ2n) is 6.76. The Morgan fingerprint density at radius 1 is 0.960 bits per heavy atom. The Bertz CT molecular complexity index is 993. The highest BCUT2D eigenvalue weighted by atomic mass is 32.2. The molecule has 0 saturated carbocycles. The van der Waals surface area contributed by atoms with Crippen LogP contribution in [0.25, 0.3) is 10.8 Å². The van der Waals surface area contributed by atoms with Crippen LogP contribution in [0, 0.1) is 0 Å². The Morgan fingerprint density at radius 2 is 1.68 bits per heavy atom. The van der Waals surface area contributed by atoms with Gasteiger partial charge in [-0.2, -0.15) is 0 Å². The third-order valence-electron chi connectivity index (χ3n) is 4.22. The van der Waals surface area contributed by atoms with E-state index in [9.17, 15) is 4.21 Å². The summed E-state index contributed by atoms with van der Waals surface area (Å²) in [5.74, 6) is 0.579. The molecule has 4 heteroatoms. The molecule has 0 fully saturated rings. The van der Waals surface area contributed by atoms with Crippen LogP contribution < -0.4 is 0 Å². The zero-order valence-electron chi connectivity index (χ0n) is 14.2. The van der Waals surface area contributed by atoms with Crippen LogP contribution in [0.5, 0.6) is 0 Å². The smallest absolute Gasteiger partial charge is 0.218 e. The van der Waals surface area contributed by atoms with Crippen LogP contribution in [0.1, 0.15) is 19.4 Å². The standard InChI is InChI=1S/C21H19NO2S/c1-21(2)14-24-20(22-21)18-13-12-15-8-6-7-11-17(15)19(18)25(23)16-9-4-3-5-10-16/h3-13H,14H2,1-2H3. The Kier molecular flexibility index (Phi) is 3.92. The van der Waals surface area contributed by atoms with Gasteiger partial charge in [0.15, 0.2) is 0 Å². The lowest BCUT2D eigenvalue weighted by molar-refractivity contribution is 0.279. The van der Waals surface area contributed by atoms with E-state index in [1.165, 1.54) is 0 Å². The van der Waals surface area contributed by atoms with Crippen molar-refractivity contribution >= 4 is 27.5 Å². The lowest BCUT2D eigenvalue weighted by atomic mass is 10.1. The molecule has 0 spiro atoms. The zero-order valence-corrected chi connectivity index (χ0v) is 15.0. The van der Waals surface area contributed by atoms with Gasteiger partial charge in [0, 0.05) is 4.90 Å². The summed E-state index contributed by atoms with van der Waals surface area (Å²) in [6.45, 7) is 4.61. The molecule has 0 radical (unpaired) electrons. The van der Waals surface area contributed by atoms with Gasteiger partial charge in [0.2, 0.25) is 5.90 Å². The fourth-order valence-corrected chi connectivity index (χ4v) is 4.38. The molecule has 1 aliphatic rings. The molecule has 1 heterocycles. The molecule has 3 nitrogen and oxygen atoms in total. The Morgan fingerprint density at radius 3 is 2.40 bits per heavy atom. The molecule has 25 heavy (non-hydrogen) atoms. The predicted octanol–water partition coefficient (Wildman–Crippen LogP) is 4.56. The van der Waals surface area contributed by atoms with Gasteiger partial charge in [0.05, 0.1) is 26.8 Å². The van der Waals surface area contributed by atoms with Gasteiger partial charge in [0.1, 0.15) is 6.61 Å². The average molecular weight is 349 g/mol. The second kappa shape index (κ2) is 6.12. The molecule has 0 aromatic heterocycles. The summed E-state index contributed by atoms with van der Waals surface area (Å²) in [5.41, 5.74) is 0.554. The van der Waals surface area contributed by atoms with Crippen LogP contribution >= 0.6 is 0 Å². The molecular weight excluding hydrogens is 330 g/mol. The monoisotopic (exact) mass is 349 g/mol. The molecule has 3 aromatic rings. The normalized spacial score (nSPS) is 17.1. The number of hydrogen-bond donors (Lipinski definition) is 0. The summed E-state index contributed by atoms with van der Waals surface area (Å²) in [4.78, 5) is 6.23. The van der Waals surface area contributed by atoms with Crippen molar-refractivity contribution in [1.82, 2.24) is 0 Å². The highest BCUT2D eigenvalue weighted by Gasteiger charge is 2.30. The topological polar surface area (TPSA) is 38.7 Å². The van der Waals surface area contributed by atoms with E-state index in [-0.39, 0.29) is 5.54 Å². The van der Waals surface area contributed by atoms with Crippen molar-refractivity contribution in [1.29, 1.82) is 0 Å². The molecule has 0 aliphatic carbocycles. The van der Waals surface area contributed by atoms with Crippen molar-refractivity contribution in [3.05, 3.63) is 72.3 Å². The first-order valence-corrected chi connectivity index (χ1v) is 9.42. The van der Waals surface area contributed by atoms with Crippen LogP contribution in [0.15, 0.2) is 81.5 Å². The molecule has 126 valence electrons. The van der Waals surface area contributed by atoms with Crippen molar-refractivity contribution in [2.24, 2.45) is 4.99 Å². The van der Waals surface area contributed by atoms with E-state index in [2.05, 4.69) is 0 Å². The summed E-state index contributed by atoms with van der Waals surface area (Å²) in [6.07, 6.45) is 0. The fraction of sp³-hybridized carbons (Fsp3) is 0.190. The third kappa shape index (κ3) is 2.98. The van der Waals surface area contributed by atoms with Crippen molar-refractivity contribution in [3.63, 3.8) is 0 Å². The molecule has 1 aliphatic heterocycles. The van der Waals surface area contributed by atoms with Gasteiger partial charge in [-0.05, 0) is 42.8 Å². The lowest BCUT2D eigenvalue weighted by Gasteiger charge is -2.13. The summed E-state index contributed by atoms with van der Waals surface area (Å²) >= 11 is 0. The van der Waals surface area contributed by atoms with Gasteiger partial charge in [-0.3, -0.25) is 0 Å². The summed E-state index contributed by atoms with van der Waals surface area (Å²) in [6, 6.07) is 21.5. The van der Waals surface area contributed by atoms with Gasteiger partial charge < -0.3 is 4.74 Å². The largest absolute Gasteiger partial charge is 0.475 e. The van der Waals surface area contributed by atoms with Crippen LogP contribution in [0.3, 0.4) is 0 Å². The van der Waals surface area contributed by atoms with E-state index in [0.717, 1.165) is 26.1 Å². The molecule has 0 bridgehead atoms. The highest BCUT2D eigenvalue weighted by Crippen LogP contribution is 2.32. The van der Waals surface area contributed by atoms with Crippen LogP contribution in [0.4, 0.5) is 0 Å². The van der Waals surface area contributed by atoms with E-state index in [1.807, 2.05) is 80.6 Å². The summed E-state index contributed by atoms with van der Waals surface area (Å²) < 4.78 is 19.2. The first-order valence-electron chi connectivity index (χ1n) is 8.27. The first-order chi connectivity index (χ1) is 12.1. The molecule has 3 aromatic carbocycles. The number of hydrogen-bond acceptors (Lipinski definition) is 3. The van der Waals surface area contributed by atoms with E-state index >= 15 is 0 Å². The maximum atomic E-state index is 13.4. The minimum absolute atomic E-state index is 0.257. The number of aliphatic imine (C=N–C) groups is 1.